The van der Waals surface area contributed by atoms with Crippen LogP contribution in [0.5, 0.6) is 5.75 Å². The molecule has 4 rings (SSSR count). The first kappa shape index (κ1) is 22.0. The molecule has 1 N–H and O–H groups in total. The summed E-state index contributed by atoms with van der Waals surface area (Å²) in [6, 6.07) is 14.1. The molecule has 168 valence electrons. The maximum absolute atomic E-state index is 12.8. The smallest absolute Gasteiger partial charge is 0.271 e. The lowest BCUT2D eigenvalue weighted by atomic mass is 10.2. The molecule has 8 nitrogen and oxygen atoms in total. The van der Waals surface area contributed by atoms with Crippen molar-refractivity contribution in [1.29, 1.82) is 0 Å². The fourth-order valence-electron chi connectivity index (χ4n) is 3.74. The monoisotopic (exact) mass is 454 g/mol. The second-order valence-electron chi connectivity index (χ2n) is 7.62. The van der Waals surface area contributed by atoms with Crippen molar-refractivity contribution in [3.05, 3.63) is 72.3 Å². The van der Waals surface area contributed by atoms with Gasteiger partial charge in [-0.25, -0.2) is 13.4 Å². The third-order valence-electron chi connectivity index (χ3n) is 5.53. The van der Waals surface area contributed by atoms with Gasteiger partial charge in [0.2, 0.25) is 10.0 Å². The zero-order valence-corrected chi connectivity index (χ0v) is 18.7. The summed E-state index contributed by atoms with van der Waals surface area (Å²) in [5.41, 5.74) is 1.86. The van der Waals surface area contributed by atoms with E-state index in [4.69, 9.17) is 4.74 Å². The van der Waals surface area contributed by atoms with Crippen LogP contribution >= 0.6 is 0 Å². The highest BCUT2D eigenvalue weighted by atomic mass is 32.2. The normalized spacial score (nSPS) is 14.8. The summed E-state index contributed by atoms with van der Waals surface area (Å²) in [5, 5.41) is 2.84. The number of imidazole rings is 1. The van der Waals surface area contributed by atoms with Crippen LogP contribution in [0.1, 0.15) is 35.3 Å². The maximum Gasteiger partial charge on any atom is 0.271 e. The first-order chi connectivity index (χ1) is 15.5. The number of amides is 1. The van der Waals surface area contributed by atoms with Gasteiger partial charge in [-0.2, -0.15) is 4.31 Å². The number of para-hydroxylation sites is 1. The van der Waals surface area contributed by atoms with Crippen molar-refractivity contribution < 1.29 is 17.9 Å². The Morgan fingerprint density at radius 3 is 2.50 bits per heavy atom. The molecule has 1 aliphatic rings. The number of sulfonamides is 1. The summed E-state index contributed by atoms with van der Waals surface area (Å²) < 4.78 is 34.2. The van der Waals surface area contributed by atoms with Crippen LogP contribution in [0.2, 0.25) is 0 Å². The molecule has 1 fully saturated rings. The van der Waals surface area contributed by atoms with E-state index in [2.05, 4.69) is 10.3 Å². The van der Waals surface area contributed by atoms with Crippen molar-refractivity contribution in [1.82, 2.24) is 19.2 Å². The lowest BCUT2D eigenvalue weighted by Gasteiger charge is -2.25. The van der Waals surface area contributed by atoms with Gasteiger partial charge in [0, 0.05) is 37.1 Å². The molecule has 0 spiro atoms. The molecule has 0 aliphatic carbocycles. The molecule has 2 heterocycles. The minimum absolute atomic E-state index is 0.268. The number of carbonyl (C=O) groups is 1. The predicted octanol–water partition coefficient (Wildman–Crippen LogP) is 2.99. The minimum Gasteiger partial charge on any atom is -0.496 e. The number of aromatic nitrogens is 2. The molecule has 1 aromatic heterocycles. The Hall–Kier alpha value is -3.17. The Kier molecular flexibility index (Phi) is 6.57. The van der Waals surface area contributed by atoms with Gasteiger partial charge in [-0.1, -0.05) is 24.6 Å². The summed E-state index contributed by atoms with van der Waals surface area (Å²) >= 11 is 0. The Balaban J connectivity index is 1.43. The largest absolute Gasteiger partial charge is 0.496 e. The van der Waals surface area contributed by atoms with Crippen LogP contribution in [-0.4, -0.2) is 48.4 Å². The number of nitrogens with zero attached hydrogens (tertiary/aromatic N) is 3. The van der Waals surface area contributed by atoms with Crippen molar-refractivity contribution in [2.45, 2.75) is 30.7 Å². The van der Waals surface area contributed by atoms with Gasteiger partial charge in [0.25, 0.3) is 5.91 Å². The first-order valence-electron chi connectivity index (χ1n) is 10.5. The van der Waals surface area contributed by atoms with Gasteiger partial charge in [0.15, 0.2) is 0 Å². The molecule has 1 amide bonds. The minimum atomic E-state index is -3.47. The van der Waals surface area contributed by atoms with E-state index in [1.165, 1.54) is 6.33 Å². The maximum atomic E-state index is 12.8. The Labute approximate surface area is 187 Å². The van der Waals surface area contributed by atoms with E-state index in [1.54, 1.807) is 46.4 Å². The van der Waals surface area contributed by atoms with Crippen molar-refractivity contribution in [3.8, 4) is 11.4 Å². The van der Waals surface area contributed by atoms with Crippen LogP contribution in [0.25, 0.3) is 5.69 Å². The van der Waals surface area contributed by atoms with E-state index >= 15 is 0 Å². The number of ether oxygens (including phenoxy) is 1. The topological polar surface area (TPSA) is 93.5 Å². The van der Waals surface area contributed by atoms with E-state index < -0.39 is 10.0 Å². The number of nitrogens with one attached hydrogen (secondary N) is 1. The van der Waals surface area contributed by atoms with Crippen LogP contribution in [0.15, 0.2) is 66.0 Å². The number of hydrogen-bond donors (Lipinski definition) is 1. The summed E-state index contributed by atoms with van der Waals surface area (Å²) in [6.45, 7) is 1.45. The van der Waals surface area contributed by atoms with Gasteiger partial charge in [-0.3, -0.25) is 4.79 Å². The van der Waals surface area contributed by atoms with E-state index in [0.717, 1.165) is 30.5 Å². The van der Waals surface area contributed by atoms with Crippen LogP contribution < -0.4 is 10.1 Å². The fraction of sp³-hybridized carbons (Fsp3) is 0.304. The standard InChI is InChI=1S/C23H26N4O4S/c1-31-22-8-4-3-7-18(22)15-24-23(28)21-16-26(17-25-21)19-9-11-20(12-10-19)32(29,30)27-13-5-2-6-14-27/h3-4,7-12,16-17H,2,5-6,13-15H2,1H3,(H,24,28). The van der Waals surface area contributed by atoms with Crippen LogP contribution in [0.3, 0.4) is 0 Å². The third-order valence-corrected chi connectivity index (χ3v) is 7.45. The molecule has 0 bridgehead atoms. The molecule has 1 aliphatic heterocycles. The average Bonchev–Trinajstić information content (AvgIpc) is 3.34. The van der Waals surface area contributed by atoms with Crippen molar-refractivity contribution in [2.75, 3.05) is 20.2 Å². The lowest BCUT2D eigenvalue weighted by molar-refractivity contribution is 0.0946. The summed E-state index contributed by atoms with van der Waals surface area (Å²) in [4.78, 5) is 17.0. The summed E-state index contributed by atoms with van der Waals surface area (Å²) in [7, 11) is -1.89. The summed E-state index contributed by atoms with van der Waals surface area (Å²) in [5.74, 6) is 0.400. The zero-order valence-electron chi connectivity index (χ0n) is 17.9. The van der Waals surface area contributed by atoms with Crippen LogP contribution in [0, 0.1) is 0 Å². The van der Waals surface area contributed by atoms with E-state index in [9.17, 15) is 13.2 Å². The molecule has 3 aromatic rings. The Morgan fingerprint density at radius 2 is 1.78 bits per heavy atom. The molecule has 0 atom stereocenters. The number of piperidine rings is 1. The van der Waals surface area contributed by atoms with E-state index in [0.29, 0.717) is 25.4 Å². The van der Waals surface area contributed by atoms with E-state index in [-0.39, 0.29) is 16.5 Å². The van der Waals surface area contributed by atoms with Gasteiger partial charge >= 0.3 is 0 Å². The molecule has 0 radical (unpaired) electrons. The van der Waals surface area contributed by atoms with Gasteiger partial charge in [-0.05, 0) is 43.2 Å². The van der Waals surface area contributed by atoms with E-state index in [1.807, 2.05) is 24.3 Å². The highest BCUT2D eigenvalue weighted by molar-refractivity contribution is 7.89. The van der Waals surface area contributed by atoms with Gasteiger partial charge in [-0.15, -0.1) is 0 Å². The van der Waals surface area contributed by atoms with Crippen molar-refractivity contribution in [2.24, 2.45) is 0 Å². The molecule has 2 aromatic carbocycles. The average molecular weight is 455 g/mol. The molecule has 32 heavy (non-hydrogen) atoms. The second kappa shape index (κ2) is 9.54. The van der Waals surface area contributed by atoms with Crippen molar-refractivity contribution in [3.63, 3.8) is 0 Å². The molecule has 9 heteroatoms. The van der Waals surface area contributed by atoms with Crippen LogP contribution in [0.4, 0.5) is 0 Å². The second-order valence-corrected chi connectivity index (χ2v) is 9.56. The predicted molar refractivity (Wildman–Crippen MR) is 120 cm³/mol. The molecule has 0 unspecified atom stereocenters. The van der Waals surface area contributed by atoms with Crippen molar-refractivity contribution >= 4 is 15.9 Å². The quantitative estimate of drug-likeness (QED) is 0.592. The van der Waals surface area contributed by atoms with Gasteiger partial charge in [0.1, 0.15) is 17.8 Å². The fourth-order valence-corrected chi connectivity index (χ4v) is 5.26. The SMILES string of the molecule is COc1ccccc1CNC(=O)c1cn(-c2ccc(S(=O)(=O)N3CCCCC3)cc2)cn1. The van der Waals surface area contributed by atoms with Gasteiger partial charge < -0.3 is 14.6 Å². The number of carbonyl (C=O) groups excluding carboxylic acids is 1. The summed E-state index contributed by atoms with van der Waals surface area (Å²) in [6.07, 6.45) is 6.01. The molecular formula is C23H26N4O4S. The third kappa shape index (κ3) is 4.68. The lowest BCUT2D eigenvalue weighted by Crippen LogP contribution is -2.35. The van der Waals surface area contributed by atoms with Gasteiger partial charge in [0.05, 0.1) is 12.0 Å². The molecule has 0 saturated carbocycles. The highest BCUT2D eigenvalue weighted by Gasteiger charge is 2.25. The zero-order chi connectivity index (χ0) is 22.6. The first-order valence-corrected chi connectivity index (χ1v) is 12.0. The molecule has 1 saturated heterocycles. The highest BCUT2D eigenvalue weighted by Crippen LogP contribution is 2.22. The number of benzene rings is 2. The number of methoxy groups -OCH3 is 1. The number of hydrogen-bond acceptors (Lipinski definition) is 5. The van der Waals surface area contributed by atoms with Crippen LogP contribution in [-0.2, 0) is 16.6 Å². The molecular weight excluding hydrogens is 428 g/mol. The Morgan fingerprint density at radius 1 is 1.06 bits per heavy atom. The Bertz CT molecular complexity index is 1180. The number of rotatable bonds is 7.